The third-order valence-electron chi connectivity index (χ3n) is 17.9. The van der Waals surface area contributed by atoms with Gasteiger partial charge in [0.15, 0.2) is 92.4 Å². The Labute approximate surface area is 543 Å². The lowest BCUT2D eigenvalue weighted by molar-refractivity contribution is -0.121. The number of aromatic amines is 2. The Kier molecular flexibility index (Phi) is 21.6. The highest BCUT2D eigenvalue weighted by molar-refractivity contribution is 6.03. The molecule has 4 N–H and O–H groups in total. The number of hydrogen-bond acceptors (Lipinski definition) is 25. The van der Waals surface area contributed by atoms with Crippen LogP contribution in [0.1, 0.15) is 122 Å². The Balaban J connectivity index is 1.34. The topological polar surface area (TPSA) is 336 Å². The smallest absolute Gasteiger partial charge is 0.220 e. The summed E-state index contributed by atoms with van der Waals surface area (Å²) >= 11 is 0. The summed E-state index contributed by atoms with van der Waals surface area (Å²) in [7, 11) is 1.96. The van der Waals surface area contributed by atoms with E-state index in [-0.39, 0.29) is 42.2 Å². The molecule has 7 aromatic rings. The summed E-state index contributed by atoms with van der Waals surface area (Å²) in [5.74, 6) is 6.58. The number of nitrogens with zero attached hydrogens (tertiary/aromatic N) is 25. The normalized spacial score (nSPS) is 12.9. The first-order valence-electron chi connectivity index (χ1n) is 33.6. The van der Waals surface area contributed by atoms with Gasteiger partial charge >= 0.3 is 0 Å². The molecule has 93 heavy (non-hydrogen) atoms. The number of azide groups is 1. The zero-order valence-corrected chi connectivity index (χ0v) is 56.6. The second-order valence-electron chi connectivity index (χ2n) is 23.0. The van der Waals surface area contributed by atoms with Crippen LogP contribution in [0.5, 0.6) is 0 Å². The fourth-order valence-electron chi connectivity index (χ4n) is 12.5. The third kappa shape index (κ3) is 13.4. The number of carbonyl (C=O) groups excluding carboxylic acids is 1. The average molecular weight is 1270 g/mol. The first-order valence-corrected chi connectivity index (χ1v) is 33.6. The highest BCUT2D eigenvalue weighted by Gasteiger charge is 2.34. The first-order chi connectivity index (χ1) is 45.3. The number of hydrogen-bond donors (Lipinski definition) is 4. The molecule has 8 bridgehead atoms. The summed E-state index contributed by atoms with van der Waals surface area (Å²) in [5, 5.41) is 16.5. The summed E-state index contributed by atoms with van der Waals surface area (Å²) in [6.45, 7) is 36.0. The van der Waals surface area contributed by atoms with Crippen LogP contribution < -0.4 is 44.5 Å². The Bertz CT molecular complexity index is 4000. The third-order valence-corrected chi connectivity index (χ3v) is 17.9. The molecule has 0 aliphatic carbocycles. The minimum atomic E-state index is -0.101. The number of aliphatic hydroxyl groups is 1. The zero-order chi connectivity index (χ0) is 66.0. The number of amides is 1. The van der Waals surface area contributed by atoms with Crippen LogP contribution in [0.3, 0.4) is 0 Å². The molecule has 496 valence electrons. The van der Waals surface area contributed by atoms with Gasteiger partial charge in [-0.25, -0.2) is 69.8 Å². The Morgan fingerprint density at radius 1 is 0.505 bits per heavy atom. The molecule has 3 aliphatic rings. The monoisotopic (exact) mass is 1270 g/mol. The van der Waals surface area contributed by atoms with Crippen LogP contribution in [-0.2, 0) is 4.79 Å². The summed E-state index contributed by atoms with van der Waals surface area (Å²) in [6, 6.07) is 0. The predicted octanol–water partition coefficient (Wildman–Crippen LogP) is 8.74. The van der Waals surface area contributed by atoms with Crippen molar-refractivity contribution in [3.63, 3.8) is 0 Å². The predicted molar refractivity (Wildman–Crippen MR) is 371 cm³/mol. The molecule has 3 aliphatic heterocycles. The number of piperidine rings is 1. The van der Waals surface area contributed by atoms with E-state index in [0.29, 0.717) is 244 Å². The van der Waals surface area contributed by atoms with Crippen LogP contribution in [0, 0.1) is 5.92 Å². The van der Waals surface area contributed by atoms with Crippen molar-refractivity contribution in [2.24, 2.45) is 11.0 Å². The van der Waals surface area contributed by atoms with Crippen LogP contribution in [0.15, 0.2) is 5.11 Å². The van der Waals surface area contributed by atoms with E-state index in [1.165, 1.54) is 0 Å². The van der Waals surface area contributed by atoms with Gasteiger partial charge in [0.05, 0.1) is 0 Å². The number of rotatable bonds is 30. The van der Waals surface area contributed by atoms with Crippen molar-refractivity contribution in [1.29, 1.82) is 0 Å². The molecule has 7 aromatic heterocycles. The molecule has 1 fully saturated rings. The van der Waals surface area contributed by atoms with Gasteiger partial charge in [-0.1, -0.05) is 5.11 Å². The summed E-state index contributed by atoms with van der Waals surface area (Å²) in [4.78, 5) is 117. The fourth-order valence-corrected chi connectivity index (χ4v) is 12.5. The molecular weight excluding hydrogens is 1180 g/mol. The van der Waals surface area contributed by atoms with E-state index in [9.17, 15) is 9.90 Å². The number of aromatic nitrogens is 16. The Hall–Kier alpha value is -9.18. The average Bonchev–Trinajstić information content (AvgIpc) is 1.62. The molecule has 10 rings (SSSR count). The van der Waals surface area contributed by atoms with Gasteiger partial charge in [0.25, 0.3) is 0 Å². The maximum absolute atomic E-state index is 13.1. The van der Waals surface area contributed by atoms with E-state index >= 15 is 0 Å². The second-order valence-corrected chi connectivity index (χ2v) is 23.0. The Morgan fingerprint density at radius 3 is 1.19 bits per heavy atom. The van der Waals surface area contributed by atoms with E-state index in [1.807, 2.05) is 11.9 Å². The molecule has 30 nitrogen and oxygen atoms in total. The SMILES string of the molecule is CCN(CC)c1nc2c(nc1N(CC)CC)-c1nc-2nc2[nH]c(nc3nc(nc4[nH]c(n1)c1nc(N(CC)CC)c(N(CC)CC)nc41)-c1nc(N4CCC(CCO)CC4)c(N(C)CCCC(=O)NCCCN=[N+]=[N-])nc1-3)c1nc(N(CC)CC)c(N(CC)CC)nc21. The maximum Gasteiger partial charge on any atom is 0.220 e. The van der Waals surface area contributed by atoms with Crippen molar-refractivity contribution in [3.05, 3.63) is 10.4 Å². The van der Waals surface area contributed by atoms with Crippen molar-refractivity contribution in [3.8, 4) is 46.1 Å². The standard InChI is InChI=1S/C63H92N28O2/c1-14-85(15-2)58-59(86(16-3)17-4)70-43-42(69-58)50-76-48-40-41(68-57(91-35-29-38(30-36-91)31-37-92)56(67-40)84(13)34-26-28-39(93)65-32-27-33-66-83-64)49(75-48)77-51-44-45(72-61(88(20-7)21-8)60(71-44)87(18-5)19-6)53(79-51)81-55-47-46(54(82-55)80-52(43)78-50)73-62(89(22-9)23-10)63(74-47)90(24-11)25-12/h38,92H,14-37H2,1-13H3,(H,65,93)(H2,75,76,77,78,79,80,81,82). The van der Waals surface area contributed by atoms with Gasteiger partial charge < -0.3 is 59.6 Å². The minimum absolute atomic E-state index is 0.101. The van der Waals surface area contributed by atoms with Gasteiger partial charge in [-0.15, -0.1) is 0 Å². The van der Waals surface area contributed by atoms with E-state index in [0.717, 1.165) is 19.3 Å². The molecule has 0 radical (unpaired) electrons. The molecule has 1 amide bonds. The number of fused-ring (bicyclic) bond motifs is 20. The van der Waals surface area contributed by atoms with Crippen molar-refractivity contribution < 1.29 is 9.90 Å². The summed E-state index contributed by atoms with van der Waals surface area (Å²) < 4.78 is 0. The minimum Gasteiger partial charge on any atom is -0.396 e. The quantitative estimate of drug-likeness (QED) is 0.0141. The molecule has 0 saturated carbocycles. The van der Waals surface area contributed by atoms with Gasteiger partial charge in [-0.3, -0.25) is 4.79 Å². The Morgan fingerprint density at radius 2 is 0.849 bits per heavy atom. The summed E-state index contributed by atoms with van der Waals surface area (Å²) in [5.41, 5.74) is 13.4. The lowest BCUT2D eigenvalue weighted by Gasteiger charge is -2.34. The molecule has 1 saturated heterocycles. The number of nitrogens with one attached hydrogen (secondary N) is 3. The summed E-state index contributed by atoms with van der Waals surface area (Å²) in [6.07, 6.45) is 3.72. The van der Waals surface area contributed by atoms with Gasteiger partial charge in [0.2, 0.25) is 5.91 Å². The number of carbonyl (C=O) groups is 1. The largest absolute Gasteiger partial charge is 0.396 e. The van der Waals surface area contributed by atoms with Crippen molar-refractivity contribution in [2.75, 3.05) is 164 Å². The van der Waals surface area contributed by atoms with Crippen LogP contribution in [-0.4, -0.2) is 216 Å². The van der Waals surface area contributed by atoms with Gasteiger partial charge in [-0.2, -0.15) is 0 Å². The van der Waals surface area contributed by atoms with E-state index < -0.39 is 0 Å². The van der Waals surface area contributed by atoms with Crippen LogP contribution in [0.4, 0.5) is 46.5 Å². The fraction of sp³-hybridized carbons (Fsp3) is 0.603. The van der Waals surface area contributed by atoms with Gasteiger partial charge in [0.1, 0.15) is 44.8 Å². The van der Waals surface area contributed by atoms with Crippen LogP contribution in [0.25, 0.3) is 101 Å². The van der Waals surface area contributed by atoms with Crippen molar-refractivity contribution in [2.45, 2.75) is 122 Å². The van der Waals surface area contributed by atoms with E-state index in [2.05, 4.69) is 143 Å². The number of H-pyrrole nitrogens is 2. The number of anilines is 8. The highest BCUT2D eigenvalue weighted by Crippen LogP contribution is 2.42. The van der Waals surface area contributed by atoms with E-state index in [4.69, 9.17) is 75.3 Å². The van der Waals surface area contributed by atoms with E-state index in [1.54, 1.807) is 0 Å². The van der Waals surface area contributed by atoms with Gasteiger partial charge in [0, 0.05) is 136 Å². The lowest BCUT2D eigenvalue weighted by atomic mass is 9.94. The molecule has 0 aromatic carbocycles. The van der Waals surface area contributed by atoms with Crippen molar-refractivity contribution in [1.82, 2.24) is 85.1 Å². The second kappa shape index (κ2) is 30.1. The van der Waals surface area contributed by atoms with Gasteiger partial charge in [-0.05, 0) is 127 Å². The van der Waals surface area contributed by atoms with Crippen molar-refractivity contribution >= 4 is 97.1 Å². The molecule has 0 atom stereocenters. The first kappa shape index (κ1) is 66.7. The molecule has 0 unspecified atom stereocenters. The molecular formula is C63H92N28O2. The van der Waals surface area contributed by atoms with Crippen LogP contribution in [0.2, 0.25) is 0 Å². The molecule has 10 heterocycles. The van der Waals surface area contributed by atoms with Crippen LogP contribution >= 0.6 is 0 Å². The maximum atomic E-state index is 13.1. The highest BCUT2D eigenvalue weighted by atomic mass is 16.3. The zero-order valence-electron chi connectivity index (χ0n) is 56.6. The molecule has 0 spiro atoms. The lowest BCUT2D eigenvalue weighted by Crippen LogP contribution is -2.36. The molecule has 30 heteroatoms. The number of aliphatic hydroxyl groups excluding tert-OH is 1.